The Bertz CT molecular complexity index is 505. The maximum Gasteiger partial charge on any atom is 0.337 e. The van der Waals surface area contributed by atoms with Crippen LogP contribution in [0, 0.1) is 0 Å². The zero-order valence-electron chi connectivity index (χ0n) is 7.66. The fourth-order valence-electron chi connectivity index (χ4n) is 1.30. The number of nitrogens with zero attached hydrogens (tertiary/aromatic N) is 2. The number of benzene rings is 1. The summed E-state index contributed by atoms with van der Waals surface area (Å²) in [5.41, 5.74) is 0.561. The molecule has 1 heterocycles. The first-order chi connectivity index (χ1) is 7.18. The molecule has 0 saturated carbocycles. The number of carboxylic acid groups (broad SMARTS) is 1. The van der Waals surface area contributed by atoms with Crippen LogP contribution in [0.4, 0.5) is 0 Å². The minimum Gasteiger partial charge on any atom is -0.505 e. The van der Waals surface area contributed by atoms with Crippen LogP contribution in [0.1, 0.15) is 10.4 Å². The highest BCUT2D eigenvalue weighted by atomic mass is 16.4. The zero-order valence-corrected chi connectivity index (χ0v) is 7.66. The van der Waals surface area contributed by atoms with Gasteiger partial charge >= 0.3 is 5.97 Å². The van der Waals surface area contributed by atoms with Crippen LogP contribution in [0.3, 0.4) is 0 Å². The molecule has 1 aromatic heterocycles. The second kappa shape index (κ2) is 3.45. The molecule has 1 aromatic carbocycles. The first-order valence-electron chi connectivity index (χ1n) is 4.25. The Labute approximate surface area is 85.2 Å². The smallest absolute Gasteiger partial charge is 0.337 e. The lowest BCUT2D eigenvalue weighted by Gasteiger charge is -2.04. The molecule has 2 aromatic rings. The summed E-state index contributed by atoms with van der Waals surface area (Å²) in [6, 6.07) is 6.45. The number of aromatic nitrogens is 2. The van der Waals surface area contributed by atoms with Gasteiger partial charge in [0.15, 0.2) is 5.75 Å². The summed E-state index contributed by atoms with van der Waals surface area (Å²) in [6.07, 6.45) is 2.60. The van der Waals surface area contributed by atoms with Crippen LogP contribution in [0.2, 0.25) is 0 Å². The van der Waals surface area contributed by atoms with Gasteiger partial charge in [-0.2, -0.15) is 5.10 Å². The lowest BCUT2D eigenvalue weighted by molar-refractivity contribution is 0.0696. The van der Waals surface area contributed by atoms with Gasteiger partial charge in [-0.25, -0.2) is 9.48 Å². The summed E-state index contributed by atoms with van der Waals surface area (Å²) in [6.45, 7) is 0. The molecule has 0 fully saturated rings. The Morgan fingerprint density at radius 1 is 1.33 bits per heavy atom. The average Bonchev–Trinajstić information content (AvgIpc) is 2.65. The Morgan fingerprint density at radius 3 is 2.67 bits per heavy atom. The summed E-state index contributed by atoms with van der Waals surface area (Å²) in [5.74, 6) is -1.03. The van der Waals surface area contributed by atoms with Gasteiger partial charge in [-0.05, 0) is 12.1 Å². The van der Waals surface area contributed by atoms with Gasteiger partial charge in [0.2, 0.25) is 0 Å². The predicted molar refractivity (Wildman–Crippen MR) is 52.2 cm³/mol. The van der Waals surface area contributed by atoms with Crippen molar-refractivity contribution in [3.63, 3.8) is 0 Å². The van der Waals surface area contributed by atoms with Gasteiger partial charge in [0.1, 0.15) is 0 Å². The summed E-state index contributed by atoms with van der Waals surface area (Å²) in [7, 11) is 0. The molecule has 15 heavy (non-hydrogen) atoms. The van der Waals surface area contributed by atoms with Gasteiger partial charge in [-0.15, -0.1) is 0 Å². The van der Waals surface area contributed by atoms with Crippen LogP contribution < -0.4 is 0 Å². The van der Waals surface area contributed by atoms with Crippen LogP contribution in [-0.4, -0.2) is 26.0 Å². The maximum absolute atomic E-state index is 10.9. The first kappa shape index (κ1) is 9.26. The monoisotopic (exact) mass is 204 g/mol. The first-order valence-corrected chi connectivity index (χ1v) is 4.25. The molecular formula is C10H8N2O3. The molecule has 2 rings (SSSR count). The highest BCUT2D eigenvalue weighted by Gasteiger charge is 2.11. The molecule has 5 heteroatoms. The van der Waals surface area contributed by atoms with Crippen LogP contribution in [-0.2, 0) is 0 Å². The third-order valence-corrected chi connectivity index (χ3v) is 1.95. The number of rotatable bonds is 2. The van der Waals surface area contributed by atoms with Crippen molar-refractivity contribution in [2.24, 2.45) is 0 Å². The second-order valence-corrected chi connectivity index (χ2v) is 2.97. The van der Waals surface area contributed by atoms with E-state index in [0.717, 1.165) is 0 Å². The van der Waals surface area contributed by atoms with Crippen molar-refractivity contribution in [2.45, 2.75) is 0 Å². The van der Waals surface area contributed by atoms with Crippen molar-refractivity contribution in [1.29, 1.82) is 0 Å². The van der Waals surface area contributed by atoms with E-state index in [1.807, 2.05) is 0 Å². The van der Waals surface area contributed by atoms with Crippen molar-refractivity contribution in [1.82, 2.24) is 9.78 Å². The molecule has 0 amide bonds. The topological polar surface area (TPSA) is 75.3 Å². The molecule has 0 aliphatic rings. The van der Waals surface area contributed by atoms with Gasteiger partial charge in [-0.1, -0.05) is 12.1 Å². The summed E-state index contributed by atoms with van der Waals surface area (Å²) < 4.78 is 1.32. The van der Waals surface area contributed by atoms with Crippen LogP contribution in [0.25, 0.3) is 5.69 Å². The summed E-state index contributed by atoms with van der Waals surface area (Å²) >= 11 is 0. The minimum atomic E-state index is -1.03. The van der Waals surface area contributed by atoms with Crippen molar-refractivity contribution in [3.05, 3.63) is 42.2 Å². The molecule has 0 aliphatic carbocycles. The summed E-state index contributed by atoms with van der Waals surface area (Å²) in [4.78, 5) is 10.9. The van der Waals surface area contributed by atoms with Gasteiger partial charge in [0.05, 0.1) is 23.6 Å². The molecule has 0 spiro atoms. The van der Waals surface area contributed by atoms with E-state index in [2.05, 4.69) is 5.10 Å². The van der Waals surface area contributed by atoms with Gasteiger partial charge in [0.25, 0.3) is 0 Å². The third kappa shape index (κ3) is 1.67. The Morgan fingerprint density at radius 2 is 2.07 bits per heavy atom. The molecule has 0 aliphatic heterocycles. The molecule has 0 radical (unpaired) electrons. The molecule has 76 valence electrons. The van der Waals surface area contributed by atoms with Crippen molar-refractivity contribution >= 4 is 5.97 Å². The zero-order chi connectivity index (χ0) is 10.8. The molecular weight excluding hydrogens is 196 g/mol. The molecule has 0 atom stereocenters. The van der Waals surface area contributed by atoms with E-state index < -0.39 is 5.97 Å². The van der Waals surface area contributed by atoms with E-state index in [-0.39, 0.29) is 11.3 Å². The Balaban J connectivity index is 2.57. The van der Waals surface area contributed by atoms with Crippen LogP contribution >= 0.6 is 0 Å². The number of para-hydroxylation sites is 1. The van der Waals surface area contributed by atoms with Crippen LogP contribution in [0.15, 0.2) is 36.7 Å². The minimum absolute atomic E-state index is 0.00445. The average molecular weight is 204 g/mol. The van der Waals surface area contributed by atoms with E-state index in [1.165, 1.54) is 23.1 Å². The van der Waals surface area contributed by atoms with Gasteiger partial charge in [0, 0.05) is 0 Å². The lowest BCUT2D eigenvalue weighted by Crippen LogP contribution is -2.05. The largest absolute Gasteiger partial charge is 0.505 e. The van der Waals surface area contributed by atoms with E-state index in [1.54, 1.807) is 18.2 Å². The van der Waals surface area contributed by atoms with E-state index in [9.17, 15) is 4.79 Å². The molecule has 5 nitrogen and oxygen atoms in total. The van der Waals surface area contributed by atoms with E-state index in [4.69, 9.17) is 10.2 Å². The number of hydrogen-bond acceptors (Lipinski definition) is 3. The molecule has 0 saturated heterocycles. The SMILES string of the molecule is O=C(O)c1ccccc1-n1cc(O)cn1. The number of hydrogen-bond donors (Lipinski definition) is 2. The second-order valence-electron chi connectivity index (χ2n) is 2.97. The van der Waals surface area contributed by atoms with E-state index >= 15 is 0 Å². The van der Waals surface area contributed by atoms with Crippen molar-refractivity contribution in [3.8, 4) is 11.4 Å². The van der Waals surface area contributed by atoms with Crippen molar-refractivity contribution < 1.29 is 15.0 Å². The van der Waals surface area contributed by atoms with Gasteiger partial charge in [-0.3, -0.25) is 0 Å². The maximum atomic E-state index is 10.9. The Kier molecular flexibility index (Phi) is 2.13. The Hall–Kier alpha value is -2.30. The fourth-order valence-corrected chi connectivity index (χ4v) is 1.30. The van der Waals surface area contributed by atoms with E-state index in [0.29, 0.717) is 5.69 Å². The highest BCUT2D eigenvalue weighted by Crippen LogP contribution is 2.16. The molecule has 0 bridgehead atoms. The fraction of sp³-hybridized carbons (Fsp3) is 0. The van der Waals surface area contributed by atoms with Crippen LogP contribution in [0.5, 0.6) is 5.75 Å². The highest BCUT2D eigenvalue weighted by molar-refractivity contribution is 5.91. The van der Waals surface area contributed by atoms with Gasteiger partial charge < -0.3 is 10.2 Å². The van der Waals surface area contributed by atoms with Crippen molar-refractivity contribution in [2.75, 3.05) is 0 Å². The normalized spacial score (nSPS) is 10.1. The standard InChI is InChI=1S/C10H8N2O3/c13-7-5-11-12(6-7)9-4-2-1-3-8(9)10(14)15/h1-6,13H,(H,14,15). The number of aromatic carboxylic acids is 1. The number of aromatic hydroxyl groups is 1. The number of carboxylic acids is 1. The molecule has 2 N–H and O–H groups in total. The quantitative estimate of drug-likeness (QED) is 0.772. The number of carbonyl (C=O) groups is 1. The predicted octanol–water partition coefficient (Wildman–Crippen LogP) is 1.28. The summed E-state index contributed by atoms with van der Waals surface area (Å²) in [5, 5.41) is 21.9. The molecule has 0 unspecified atom stereocenters. The lowest BCUT2D eigenvalue weighted by atomic mass is 10.2. The third-order valence-electron chi connectivity index (χ3n) is 1.95.